The first-order valence-electron chi connectivity index (χ1n) is 9.72. The number of rotatable bonds is 6. The fraction of sp³-hybridized carbons (Fsp3) is 0.381. The summed E-state index contributed by atoms with van der Waals surface area (Å²) in [4.78, 5) is 22.8. The molecule has 3 aromatic rings. The highest BCUT2D eigenvalue weighted by Crippen LogP contribution is 2.35. The number of aromatic nitrogens is 2. The van der Waals surface area contributed by atoms with Crippen LogP contribution >= 0.6 is 11.3 Å². The van der Waals surface area contributed by atoms with Gasteiger partial charge in [0.1, 0.15) is 5.69 Å². The second-order valence-corrected chi connectivity index (χ2v) is 8.57. The highest BCUT2D eigenvalue weighted by atomic mass is 32.1. The maximum atomic E-state index is 14.4. The Morgan fingerprint density at radius 3 is 2.93 bits per heavy atom. The minimum Gasteiger partial charge on any atom is -0.478 e. The summed E-state index contributed by atoms with van der Waals surface area (Å²) >= 11 is 1.33. The Hall–Kier alpha value is -2.58. The summed E-state index contributed by atoms with van der Waals surface area (Å²) in [5, 5.41) is 13.2. The lowest BCUT2D eigenvalue weighted by Crippen LogP contribution is -2.30. The third-order valence-corrected chi connectivity index (χ3v) is 6.55. The quantitative estimate of drug-likeness (QED) is 0.625. The number of likely N-dealkylation sites (tertiary alicyclic amines) is 1. The molecule has 0 unspecified atom stereocenters. The Morgan fingerprint density at radius 1 is 1.38 bits per heavy atom. The van der Waals surface area contributed by atoms with Gasteiger partial charge in [0.05, 0.1) is 16.6 Å². The third kappa shape index (κ3) is 4.38. The first-order chi connectivity index (χ1) is 14.0. The highest BCUT2D eigenvalue weighted by molar-refractivity contribution is 7.22. The Balaban J connectivity index is 1.50. The molecule has 2 aromatic heterocycles. The molecule has 8 heteroatoms. The van der Waals surface area contributed by atoms with Crippen LogP contribution in [-0.4, -0.2) is 52.6 Å². The topological polar surface area (TPSA) is 78.4 Å². The predicted molar refractivity (Wildman–Crippen MR) is 113 cm³/mol. The Morgan fingerprint density at radius 2 is 2.17 bits per heavy atom. The van der Waals surface area contributed by atoms with E-state index >= 15 is 0 Å². The van der Waals surface area contributed by atoms with E-state index in [-0.39, 0.29) is 11.3 Å². The van der Waals surface area contributed by atoms with Crippen LogP contribution in [0, 0.1) is 11.7 Å². The van der Waals surface area contributed by atoms with Gasteiger partial charge < -0.3 is 15.3 Å². The number of halogens is 1. The molecule has 0 aliphatic carbocycles. The van der Waals surface area contributed by atoms with Gasteiger partial charge in [0.15, 0.2) is 5.82 Å². The SMILES string of the molecule is CN1CCC(CCNc2ncc(F)c(-c3cc4c(C(=O)O)cccc4s3)n2)CC1. The van der Waals surface area contributed by atoms with Crippen molar-refractivity contribution in [1.29, 1.82) is 0 Å². The normalized spacial score (nSPS) is 15.7. The van der Waals surface area contributed by atoms with E-state index in [9.17, 15) is 14.3 Å². The van der Waals surface area contributed by atoms with E-state index in [0.717, 1.165) is 30.8 Å². The number of aromatic carboxylic acids is 1. The number of hydrogen-bond donors (Lipinski definition) is 2. The number of hydrogen-bond acceptors (Lipinski definition) is 6. The summed E-state index contributed by atoms with van der Waals surface area (Å²) in [6.45, 7) is 3.01. The molecule has 2 N–H and O–H groups in total. The zero-order chi connectivity index (χ0) is 20.4. The zero-order valence-corrected chi connectivity index (χ0v) is 17.0. The van der Waals surface area contributed by atoms with Crippen molar-refractivity contribution in [3.05, 3.63) is 41.8 Å². The second kappa shape index (κ2) is 8.42. The number of carboxylic acid groups (broad SMARTS) is 1. The van der Waals surface area contributed by atoms with Crippen LogP contribution in [-0.2, 0) is 0 Å². The van der Waals surface area contributed by atoms with Crippen molar-refractivity contribution in [3.8, 4) is 10.6 Å². The van der Waals surface area contributed by atoms with Gasteiger partial charge in [-0.15, -0.1) is 11.3 Å². The number of fused-ring (bicyclic) bond motifs is 1. The first kappa shape index (κ1) is 19.7. The summed E-state index contributed by atoms with van der Waals surface area (Å²) in [6.07, 6.45) is 4.60. The minimum atomic E-state index is -1.00. The van der Waals surface area contributed by atoms with Gasteiger partial charge in [-0.3, -0.25) is 0 Å². The van der Waals surface area contributed by atoms with Crippen LogP contribution < -0.4 is 5.32 Å². The van der Waals surface area contributed by atoms with Crippen LogP contribution in [0.3, 0.4) is 0 Å². The largest absolute Gasteiger partial charge is 0.478 e. The monoisotopic (exact) mass is 414 g/mol. The van der Waals surface area contributed by atoms with Gasteiger partial charge >= 0.3 is 5.97 Å². The molecule has 1 aliphatic heterocycles. The van der Waals surface area contributed by atoms with Crippen LogP contribution in [0.5, 0.6) is 0 Å². The molecule has 152 valence electrons. The highest BCUT2D eigenvalue weighted by Gasteiger charge is 2.18. The third-order valence-electron chi connectivity index (χ3n) is 5.44. The van der Waals surface area contributed by atoms with Crippen molar-refractivity contribution < 1.29 is 14.3 Å². The number of thiophene rings is 1. The van der Waals surface area contributed by atoms with Crippen molar-refractivity contribution in [2.75, 3.05) is 32.0 Å². The number of piperidine rings is 1. The van der Waals surface area contributed by atoms with E-state index in [4.69, 9.17) is 0 Å². The molecule has 3 heterocycles. The minimum absolute atomic E-state index is 0.194. The zero-order valence-electron chi connectivity index (χ0n) is 16.2. The maximum Gasteiger partial charge on any atom is 0.336 e. The summed E-state index contributed by atoms with van der Waals surface area (Å²) in [6, 6.07) is 6.76. The predicted octanol–water partition coefficient (Wildman–Crippen LogP) is 4.34. The lowest BCUT2D eigenvalue weighted by molar-refractivity contribution is 0.0699. The van der Waals surface area contributed by atoms with E-state index in [2.05, 4.69) is 27.2 Å². The van der Waals surface area contributed by atoms with Gasteiger partial charge in [-0.25, -0.2) is 19.2 Å². The molecule has 0 amide bonds. The van der Waals surface area contributed by atoms with Crippen LogP contribution in [0.4, 0.5) is 10.3 Å². The summed E-state index contributed by atoms with van der Waals surface area (Å²) in [5.41, 5.74) is 0.398. The first-order valence-corrected chi connectivity index (χ1v) is 10.5. The van der Waals surface area contributed by atoms with Crippen molar-refractivity contribution >= 4 is 33.3 Å². The van der Waals surface area contributed by atoms with E-state index in [1.54, 1.807) is 18.2 Å². The average Bonchev–Trinajstić information content (AvgIpc) is 3.14. The molecule has 1 saturated heterocycles. The Kier molecular flexibility index (Phi) is 5.73. The molecule has 0 radical (unpaired) electrons. The van der Waals surface area contributed by atoms with Gasteiger partial charge in [0, 0.05) is 16.6 Å². The van der Waals surface area contributed by atoms with Crippen LogP contribution in [0.15, 0.2) is 30.5 Å². The molecular formula is C21H23FN4O2S. The fourth-order valence-corrected chi connectivity index (χ4v) is 4.81. The molecule has 0 saturated carbocycles. The van der Waals surface area contributed by atoms with Crippen LogP contribution in [0.2, 0.25) is 0 Å². The van der Waals surface area contributed by atoms with Crippen molar-refractivity contribution in [2.45, 2.75) is 19.3 Å². The number of carboxylic acids is 1. The Labute approximate surface area is 172 Å². The number of carbonyl (C=O) groups is 1. The average molecular weight is 415 g/mol. The summed E-state index contributed by atoms with van der Waals surface area (Å²) in [7, 11) is 2.15. The lowest BCUT2D eigenvalue weighted by Gasteiger charge is -2.28. The van der Waals surface area contributed by atoms with E-state index in [1.807, 2.05) is 6.07 Å². The molecule has 1 aliphatic rings. The molecule has 29 heavy (non-hydrogen) atoms. The number of benzene rings is 1. The van der Waals surface area contributed by atoms with Crippen molar-refractivity contribution in [1.82, 2.24) is 14.9 Å². The molecule has 4 rings (SSSR count). The van der Waals surface area contributed by atoms with Crippen LogP contribution in [0.1, 0.15) is 29.6 Å². The standard InChI is InChI=1S/C21H23FN4O2S/c1-26-9-6-13(7-10-26)5-8-23-21-24-12-16(22)19(25-21)18-11-15-14(20(27)28)3-2-4-17(15)29-18/h2-4,11-13H,5-10H2,1H3,(H,27,28)(H,23,24,25). The fourth-order valence-electron chi connectivity index (χ4n) is 3.73. The number of nitrogens with one attached hydrogen (secondary N) is 1. The van der Waals surface area contributed by atoms with Crippen LogP contribution in [0.25, 0.3) is 20.7 Å². The lowest BCUT2D eigenvalue weighted by atomic mass is 9.94. The smallest absolute Gasteiger partial charge is 0.336 e. The van der Waals surface area contributed by atoms with Crippen molar-refractivity contribution in [3.63, 3.8) is 0 Å². The molecular weight excluding hydrogens is 391 g/mol. The van der Waals surface area contributed by atoms with Gasteiger partial charge in [-0.2, -0.15) is 0 Å². The van der Waals surface area contributed by atoms with Gasteiger partial charge in [0.2, 0.25) is 5.95 Å². The second-order valence-electron chi connectivity index (χ2n) is 7.49. The number of nitrogens with zero attached hydrogens (tertiary/aromatic N) is 3. The van der Waals surface area contributed by atoms with E-state index < -0.39 is 11.8 Å². The summed E-state index contributed by atoms with van der Waals surface area (Å²) in [5.74, 6) is -0.436. The van der Waals surface area contributed by atoms with E-state index in [1.165, 1.54) is 30.4 Å². The molecule has 0 bridgehead atoms. The maximum absolute atomic E-state index is 14.4. The molecule has 6 nitrogen and oxygen atoms in total. The van der Waals surface area contributed by atoms with Gasteiger partial charge in [-0.05, 0) is 63.5 Å². The Bertz CT molecular complexity index is 1030. The van der Waals surface area contributed by atoms with Crippen molar-refractivity contribution in [2.24, 2.45) is 5.92 Å². The number of anilines is 1. The summed E-state index contributed by atoms with van der Waals surface area (Å²) < 4.78 is 15.2. The van der Waals surface area contributed by atoms with Gasteiger partial charge in [0.25, 0.3) is 0 Å². The molecule has 0 atom stereocenters. The van der Waals surface area contributed by atoms with E-state index in [0.29, 0.717) is 22.1 Å². The molecule has 1 fully saturated rings. The molecule has 0 spiro atoms. The molecule has 1 aromatic carbocycles. The van der Waals surface area contributed by atoms with Gasteiger partial charge in [-0.1, -0.05) is 6.07 Å².